The molecule has 2 aromatic rings. The molecular formula is C22H25NO7. The minimum atomic E-state index is -0.996. The van der Waals surface area contributed by atoms with E-state index in [2.05, 4.69) is 5.32 Å². The first-order valence-electron chi connectivity index (χ1n) is 9.35. The standard InChI is InChI=1S/C22H25NO7/c1-5-29-17-8-6-15(7-9-17)21(25)14(2)30-20(24)13-23-22(26)16-10-18(27-3)12-19(11-16)28-4/h6-12,14H,5,13H2,1-4H3,(H,23,26)/t14-/m0/s1. The fourth-order valence-electron chi connectivity index (χ4n) is 2.60. The second-order valence-corrected chi connectivity index (χ2v) is 6.24. The van der Waals surface area contributed by atoms with Gasteiger partial charge in [0.2, 0.25) is 5.78 Å². The highest BCUT2D eigenvalue weighted by molar-refractivity contribution is 6.00. The van der Waals surface area contributed by atoms with Gasteiger partial charge in [0.05, 0.1) is 20.8 Å². The lowest BCUT2D eigenvalue weighted by Crippen LogP contribution is -2.34. The average Bonchev–Trinajstić information content (AvgIpc) is 2.77. The lowest BCUT2D eigenvalue weighted by atomic mass is 10.1. The van der Waals surface area contributed by atoms with Crippen LogP contribution in [-0.2, 0) is 9.53 Å². The third-order valence-electron chi connectivity index (χ3n) is 4.13. The number of carbonyl (C=O) groups is 3. The van der Waals surface area contributed by atoms with Crippen LogP contribution in [0.25, 0.3) is 0 Å². The summed E-state index contributed by atoms with van der Waals surface area (Å²) in [5.41, 5.74) is 0.656. The van der Waals surface area contributed by atoms with Gasteiger partial charge in [-0.15, -0.1) is 0 Å². The van der Waals surface area contributed by atoms with Crippen LogP contribution in [0, 0.1) is 0 Å². The van der Waals surface area contributed by atoms with Gasteiger partial charge in [0.15, 0.2) is 6.10 Å². The molecule has 0 aliphatic carbocycles. The molecule has 0 heterocycles. The van der Waals surface area contributed by atoms with Crippen LogP contribution in [-0.4, -0.2) is 51.1 Å². The van der Waals surface area contributed by atoms with Gasteiger partial charge in [-0.25, -0.2) is 0 Å². The number of esters is 1. The monoisotopic (exact) mass is 415 g/mol. The minimum absolute atomic E-state index is 0.262. The van der Waals surface area contributed by atoms with Crippen molar-refractivity contribution in [1.29, 1.82) is 0 Å². The topological polar surface area (TPSA) is 100 Å². The first-order valence-corrected chi connectivity index (χ1v) is 9.35. The fourth-order valence-corrected chi connectivity index (χ4v) is 2.60. The smallest absolute Gasteiger partial charge is 0.326 e. The van der Waals surface area contributed by atoms with E-state index in [-0.39, 0.29) is 17.9 Å². The van der Waals surface area contributed by atoms with Crippen LogP contribution in [0.4, 0.5) is 0 Å². The summed E-state index contributed by atoms with van der Waals surface area (Å²) in [6.07, 6.45) is -0.996. The fraction of sp³-hybridized carbons (Fsp3) is 0.318. The zero-order valence-electron chi connectivity index (χ0n) is 17.4. The Morgan fingerprint density at radius 2 is 1.50 bits per heavy atom. The molecule has 0 fully saturated rings. The van der Waals surface area contributed by atoms with Crippen LogP contribution in [0.3, 0.4) is 0 Å². The molecule has 0 saturated carbocycles. The molecule has 0 aliphatic rings. The van der Waals surface area contributed by atoms with Crippen LogP contribution in [0.2, 0.25) is 0 Å². The van der Waals surface area contributed by atoms with Gasteiger partial charge in [-0.05, 0) is 50.2 Å². The number of nitrogens with one attached hydrogen (secondary N) is 1. The normalized spacial score (nSPS) is 11.2. The van der Waals surface area contributed by atoms with Crippen LogP contribution < -0.4 is 19.5 Å². The molecule has 0 bridgehead atoms. The van der Waals surface area contributed by atoms with Crippen molar-refractivity contribution in [2.75, 3.05) is 27.4 Å². The van der Waals surface area contributed by atoms with Gasteiger partial charge in [-0.2, -0.15) is 0 Å². The number of Topliss-reactive ketones (excluding diaryl/α,β-unsaturated/α-hetero) is 1. The minimum Gasteiger partial charge on any atom is -0.497 e. The second kappa shape index (κ2) is 10.8. The first-order chi connectivity index (χ1) is 14.4. The second-order valence-electron chi connectivity index (χ2n) is 6.24. The van der Waals surface area contributed by atoms with Crippen molar-refractivity contribution in [1.82, 2.24) is 5.32 Å². The number of amides is 1. The molecular weight excluding hydrogens is 390 g/mol. The van der Waals surface area contributed by atoms with Crippen molar-refractivity contribution < 1.29 is 33.3 Å². The number of carbonyl (C=O) groups excluding carboxylic acids is 3. The maximum atomic E-state index is 12.4. The molecule has 1 atom stereocenters. The van der Waals surface area contributed by atoms with Crippen molar-refractivity contribution >= 4 is 17.7 Å². The SMILES string of the molecule is CCOc1ccc(C(=O)[C@H](C)OC(=O)CNC(=O)c2cc(OC)cc(OC)c2)cc1. The molecule has 8 nitrogen and oxygen atoms in total. The first kappa shape index (κ1) is 22.7. The Labute approximate surface area is 175 Å². The molecule has 0 unspecified atom stereocenters. The lowest BCUT2D eigenvalue weighted by molar-refractivity contribution is -0.145. The van der Waals surface area contributed by atoms with Crippen molar-refractivity contribution in [3.05, 3.63) is 53.6 Å². The van der Waals surface area contributed by atoms with Crippen LogP contribution in [0.15, 0.2) is 42.5 Å². The van der Waals surface area contributed by atoms with Gasteiger partial charge in [0, 0.05) is 17.2 Å². The van der Waals surface area contributed by atoms with Crippen molar-refractivity contribution in [2.45, 2.75) is 20.0 Å². The number of ether oxygens (including phenoxy) is 4. The van der Waals surface area contributed by atoms with Crippen molar-refractivity contribution in [3.8, 4) is 17.2 Å². The van der Waals surface area contributed by atoms with E-state index in [0.29, 0.717) is 29.4 Å². The van der Waals surface area contributed by atoms with E-state index in [1.54, 1.807) is 30.3 Å². The third-order valence-corrected chi connectivity index (χ3v) is 4.13. The van der Waals surface area contributed by atoms with Gasteiger partial charge in [0.25, 0.3) is 5.91 Å². The molecule has 0 spiro atoms. The highest BCUT2D eigenvalue weighted by atomic mass is 16.5. The predicted molar refractivity (Wildman–Crippen MR) is 109 cm³/mol. The number of ketones is 1. The maximum Gasteiger partial charge on any atom is 0.326 e. The molecule has 160 valence electrons. The quantitative estimate of drug-likeness (QED) is 0.470. The van der Waals surface area contributed by atoms with Gasteiger partial charge in [0.1, 0.15) is 23.8 Å². The van der Waals surface area contributed by atoms with E-state index < -0.39 is 18.0 Å². The molecule has 8 heteroatoms. The molecule has 1 amide bonds. The van der Waals surface area contributed by atoms with E-state index in [9.17, 15) is 14.4 Å². The Balaban J connectivity index is 1.90. The van der Waals surface area contributed by atoms with E-state index >= 15 is 0 Å². The summed E-state index contributed by atoms with van der Waals surface area (Å²) in [6, 6.07) is 11.2. The highest BCUT2D eigenvalue weighted by Crippen LogP contribution is 2.22. The van der Waals surface area contributed by atoms with Crippen LogP contribution in [0.1, 0.15) is 34.6 Å². The zero-order chi connectivity index (χ0) is 22.1. The Hall–Kier alpha value is -3.55. The molecule has 2 rings (SSSR count). The number of methoxy groups -OCH3 is 2. The van der Waals surface area contributed by atoms with E-state index in [4.69, 9.17) is 18.9 Å². The molecule has 0 aliphatic heterocycles. The zero-order valence-corrected chi connectivity index (χ0v) is 17.4. The Morgan fingerprint density at radius 1 is 0.900 bits per heavy atom. The van der Waals surface area contributed by atoms with E-state index in [1.165, 1.54) is 33.3 Å². The van der Waals surface area contributed by atoms with Gasteiger partial charge < -0.3 is 24.3 Å². The summed E-state index contributed by atoms with van der Waals surface area (Å²) in [7, 11) is 2.94. The van der Waals surface area contributed by atoms with Crippen LogP contribution in [0.5, 0.6) is 17.2 Å². The number of benzene rings is 2. The molecule has 2 aromatic carbocycles. The van der Waals surface area contributed by atoms with Crippen molar-refractivity contribution in [2.24, 2.45) is 0 Å². The van der Waals surface area contributed by atoms with Crippen LogP contribution >= 0.6 is 0 Å². The third kappa shape index (κ3) is 6.23. The molecule has 0 radical (unpaired) electrons. The number of hydrogen-bond donors (Lipinski definition) is 1. The van der Waals surface area contributed by atoms with Crippen molar-refractivity contribution in [3.63, 3.8) is 0 Å². The molecule has 0 saturated heterocycles. The maximum absolute atomic E-state index is 12.4. The Morgan fingerprint density at radius 3 is 2.03 bits per heavy atom. The van der Waals surface area contributed by atoms with Gasteiger partial charge >= 0.3 is 5.97 Å². The van der Waals surface area contributed by atoms with Gasteiger partial charge in [-0.3, -0.25) is 14.4 Å². The molecule has 30 heavy (non-hydrogen) atoms. The van der Waals surface area contributed by atoms with E-state index in [0.717, 1.165) is 0 Å². The summed E-state index contributed by atoms with van der Waals surface area (Å²) in [5.74, 6) is -0.0567. The summed E-state index contributed by atoms with van der Waals surface area (Å²) in [4.78, 5) is 36.8. The largest absolute Gasteiger partial charge is 0.497 e. The summed E-state index contributed by atoms with van der Waals surface area (Å²) >= 11 is 0. The number of hydrogen-bond acceptors (Lipinski definition) is 7. The number of rotatable bonds is 10. The van der Waals surface area contributed by atoms with E-state index in [1.807, 2.05) is 6.92 Å². The van der Waals surface area contributed by atoms with Gasteiger partial charge in [-0.1, -0.05) is 0 Å². The molecule has 1 N–H and O–H groups in total. The predicted octanol–water partition coefficient (Wildman–Crippen LogP) is 2.65. The average molecular weight is 415 g/mol. The summed E-state index contributed by atoms with van der Waals surface area (Å²) < 4.78 is 20.7. The Bertz CT molecular complexity index is 871. The summed E-state index contributed by atoms with van der Waals surface area (Å²) in [6.45, 7) is 3.48. The Kier molecular flexibility index (Phi) is 8.22. The summed E-state index contributed by atoms with van der Waals surface area (Å²) in [5, 5.41) is 2.45. The molecule has 0 aromatic heterocycles. The lowest BCUT2D eigenvalue weighted by Gasteiger charge is -2.13. The highest BCUT2D eigenvalue weighted by Gasteiger charge is 2.20.